The molecule has 3 aromatic rings. The number of amides is 1. The Kier molecular flexibility index (Phi) is 6.80. The highest BCUT2D eigenvalue weighted by Crippen LogP contribution is 2.19. The molecular weight excluding hydrogens is 374 g/mol. The number of rotatable bonds is 8. The Labute approximate surface area is 167 Å². The van der Waals surface area contributed by atoms with Crippen molar-refractivity contribution in [3.8, 4) is 5.75 Å². The molecule has 1 N–H and O–H groups in total. The average Bonchev–Trinajstić information content (AvgIpc) is 3.09. The summed E-state index contributed by atoms with van der Waals surface area (Å²) >= 11 is 1.56. The van der Waals surface area contributed by atoms with Gasteiger partial charge in [-0.05, 0) is 35.9 Å². The molecular formula is C20H21N5O2S. The standard InChI is InChI=1S/C20H21N5O2S/c1-25-18(23-24-20(25)28-14-16-5-3-4-12-21-16)13-22-19(26)11-8-15-6-9-17(27-2)10-7-15/h3-12H,13-14H2,1-2H3,(H,22,26)/b11-8+. The van der Waals surface area contributed by atoms with Crippen LogP contribution in [0.5, 0.6) is 5.75 Å². The summed E-state index contributed by atoms with van der Waals surface area (Å²) in [7, 11) is 3.50. The van der Waals surface area contributed by atoms with E-state index in [2.05, 4.69) is 20.5 Å². The van der Waals surface area contributed by atoms with Crippen LogP contribution in [0.1, 0.15) is 17.1 Å². The number of nitrogens with one attached hydrogen (secondary N) is 1. The first-order chi connectivity index (χ1) is 13.7. The molecule has 0 bridgehead atoms. The van der Waals surface area contributed by atoms with Crippen molar-refractivity contribution in [1.29, 1.82) is 0 Å². The second kappa shape index (κ2) is 9.70. The van der Waals surface area contributed by atoms with Crippen LogP contribution in [0.3, 0.4) is 0 Å². The molecule has 2 aromatic heterocycles. The molecule has 0 saturated heterocycles. The van der Waals surface area contributed by atoms with Gasteiger partial charge in [0.15, 0.2) is 11.0 Å². The Bertz CT molecular complexity index is 939. The molecule has 0 aliphatic heterocycles. The number of hydrogen-bond donors (Lipinski definition) is 1. The number of pyridine rings is 1. The van der Waals surface area contributed by atoms with Gasteiger partial charge >= 0.3 is 0 Å². The number of benzene rings is 1. The van der Waals surface area contributed by atoms with Gasteiger partial charge < -0.3 is 14.6 Å². The van der Waals surface area contributed by atoms with Crippen LogP contribution in [0.2, 0.25) is 0 Å². The van der Waals surface area contributed by atoms with Crippen molar-refractivity contribution in [2.45, 2.75) is 17.5 Å². The molecule has 2 heterocycles. The van der Waals surface area contributed by atoms with E-state index in [-0.39, 0.29) is 5.91 Å². The second-order valence-electron chi connectivity index (χ2n) is 5.89. The third-order valence-electron chi connectivity index (χ3n) is 3.96. The molecule has 28 heavy (non-hydrogen) atoms. The number of methoxy groups -OCH3 is 1. The maximum Gasteiger partial charge on any atom is 0.244 e. The zero-order valence-electron chi connectivity index (χ0n) is 15.7. The van der Waals surface area contributed by atoms with E-state index in [0.29, 0.717) is 18.1 Å². The Balaban J connectivity index is 1.50. The van der Waals surface area contributed by atoms with Crippen LogP contribution >= 0.6 is 11.8 Å². The first-order valence-electron chi connectivity index (χ1n) is 8.66. The molecule has 0 aliphatic carbocycles. The molecule has 0 radical (unpaired) electrons. The van der Waals surface area contributed by atoms with Gasteiger partial charge in [0.25, 0.3) is 0 Å². The highest BCUT2D eigenvalue weighted by molar-refractivity contribution is 7.98. The van der Waals surface area contributed by atoms with Crippen LogP contribution < -0.4 is 10.1 Å². The Morgan fingerprint density at radius 3 is 2.75 bits per heavy atom. The summed E-state index contributed by atoms with van der Waals surface area (Å²) in [6.45, 7) is 0.305. The number of thioether (sulfide) groups is 1. The number of ether oxygens (including phenoxy) is 1. The number of hydrogen-bond acceptors (Lipinski definition) is 6. The van der Waals surface area contributed by atoms with Gasteiger partial charge in [0, 0.05) is 25.1 Å². The monoisotopic (exact) mass is 395 g/mol. The SMILES string of the molecule is COc1ccc(/C=C/C(=O)NCc2nnc(SCc3ccccn3)n2C)cc1. The Morgan fingerprint density at radius 1 is 1.21 bits per heavy atom. The minimum absolute atomic E-state index is 0.193. The molecule has 7 nitrogen and oxygen atoms in total. The number of nitrogens with zero attached hydrogens (tertiary/aromatic N) is 4. The Hall–Kier alpha value is -3.13. The molecule has 1 amide bonds. The maximum atomic E-state index is 12.0. The minimum atomic E-state index is -0.193. The van der Waals surface area contributed by atoms with Gasteiger partial charge in [-0.1, -0.05) is 30.0 Å². The topological polar surface area (TPSA) is 81.9 Å². The number of aromatic nitrogens is 4. The summed E-state index contributed by atoms with van der Waals surface area (Å²) in [5.41, 5.74) is 1.90. The van der Waals surface area contributed by atoms with Gasteiger partial charge in [-0.15, -0.1) is 10.2 Å². The molecule has 0 unspecified atom stereocenters. The molecule has 0 fully saturated rings. The van der Waals surface area contributed by atoms with Gasteiger partial charge in [0.05, 0.1) is 19.3 Å². The second-order valence-corrected chi connectivity index (χ2v) is 6.83. The van der Waals surface area contributed by atoms with Gasteiger partial charge in [-0.2, -0.15) is 0 Å². The molecule has 0 saturated carbocycles. The summed E-state index contributed by atoms with van der Waals surface area (Å²) in [6.07, 6.45) is 5.02. The van der Waals surface area contributed by atoms with Crippen molar-refractivity contribution < 1.29 is 9.53 Å². The fourth-order valence-corrected chi connectivity index (χ4v) is 3.20. The van der Waals surface area contributed by atoms with E-state index in [0.717, 1.165) is 22.2 Å². The van der Waals surface area contributed by atoms with E-state index >= 15 is 0 Å². The fraction of sp³-hybridized carbons (Fsp3) is 0.200. The summed E-state index contributed by atoms with van der Waals surface area (Å²) in [4.78, 5) is 16.3. The lowest BCUT2D eigenvalue weighted by molar-refractivity contribution is -0.116. The van der Waals surface area contributed by atoms with Crippen LogP contribution in [0, 0.1) is 0 Å². The summed E-state index contributed by atoms with van der Waals surface area (Å²) < 4.78 is 6.99. The quantitative estimate of drug-likeness (QED) is 0.467. The molecule has 1 aromatic carbocycles. The van der Waals surface area contributed by atoms with Crippen molar-refractivity contribution in [3.63, 3.8) is 0 Å². The van der Waals surface area contributed by atoms with E-state index in [4.69, 9.17) is 4.74 Å². The molecule has 144 valence electrons. The summed E-state index contributed by atoms with van der Waals surface area (Å²) in [6, 6.07) is 13.3. The zero-order chi connectivity index (χ0) is 19.8. The van der Waals surface area contributed by atoms with Gasteiger partial charge in [-0.25, -0.2) is 0 Å². The number of carbonyl (C=O) groups is 1. The third-order valence-corrected chi connectivity index (χ3v) is 5.02. The Morgan fingerprint density at radius 2 is 2.04 bits per heavy atom. The van der Waals surface area contributed by atoms with Gasteiger partial charge in [0.1, 0.15) is 5.75 Å². The van der Waals surface area contributed by atoms with Crippen LogP contribution in [-0.2, 0) is 24.1 Å². The molecule has 0 atom stereocenters. The normalized spacial score (nSPS) is 10.9. The lowest BCUT2D eigenvalue weighted by Crippen LogP contribution is -2.22. The van der Waals surface area contributed by atoms with E-state index in [1.54, 1.807) is 31.1 Å². The first-order valence-corrected chi connectivity index (χ1v) is 9.65. The van der Waals surface area contributed by atoms with Crippen molar-refractivity contribution in [1.82, 2.24) is 25.1 Å². The van der Waals surface area contributed by atoms with Gasteiger partial charge in [-0.3, -0.25) is 9.78 Å². The van der Waals surface area contributed by atoms with Crippen molar-refractivity contribution in [2.75, 3.05) is 7.11 Å². The highest BCUT2D eigenvalue weighted by atomic mass is 32.2. The average molecular weight is 395 g/mol. The highest BCUT2D eigenvalue weighted by Gasteiger charge is 2.10. The molecule has 0 spiro atoms. The van der Waals surface area contributed by atoms with Crippen LogP contribution in [0.4, 0.5) is 0 Å². The van der Waals surface area contributed by atoms with Gasteiger partial charge in [0.2, 0.25) is 5.91 Å². The summed E-state index contributed by atoms with van der Waals surface area (Å²) in [5.74, 6) is 1.99. The van der Waals surface area contributed by atoms with Crippen LogP contribution in [-0.4, -0.2) is 32.8 Å². The van der Waals surface area contributed by atoms with Crippen molar-refractivity contribution >= 4 is 23.7 Å². The predicted molar refractivity (Wildman–Crippen MR) is 109 cm³/mol. The predicted octanol–water partition coefficient (Wildman–Crippen LogP) is 2.84. The lowest BCUT2D eigenvalue weighted by Gasteiger charge is -2.04. The van der Waals surface area contributed by atoms with E-state index in [1.165, 1.54) is 6.08 Å². The van der Waals surface area contributed by atoms with Crippen molar-refractivity contribution in [2.24, 2.45) is 7.05 Å². The molecule has 0 aliphatic rings. The number of carbonyl (C=O) groups excluding carboxylic acids is 1. The third kappa shape index (κ3) is 5.43. The molecule has 8 heteroatoms. The minimum Gasteiger partial charge on any atom is -0.497 e. The van der Waals surface area contributed by atoms with Crippen molar-refractivity contribution in [3.05, 3.63) is 71.8 Å². The first kappa shape index (κ1) is 19.6. The van der Waals surface area contributed by atoms with E-state index in [9.17, 15) is 4.79 Å². The smallest absolute Gasteiger partial charge is 0.244 e. The van der Waals surface area contributed by atoms with E-state index < -0.39 is 0 Å². The maximum absolute atomic E-state index is 12.0. The largest absolute Gasteiger partial charge is 0.497 e. The fourth-order valence-electron chi connectivity index (χ4n) is 2.36. The summed E-state index contributed by atoms with van der Waals surface area (Å²) in [5, 5.41) is 11.9. The lowest BCUT2D eigenvalue weighted by atomic mass is 10.2. The van der Waals surface area contributed by atoms with Crippen LogP contribution in [0.15, 0.2) is 59.9 Å². The van der Waals surface area contributed by atoms with E-state index in [1.807, 2.05) is 54.1 Å². The van der Waals surface area contributed by atoms with Crippen LogP contribution in [0.25, 0.3) is 6.08 Å². The zero-order valence-corrected chi connectivity index (χ0v) is 16.5. The molecule has 3 rings (SSSR count).